The quantitative estimate of drug-likeness (QED) is 0.746. The summed E-state index contributed by atoms with van der Waals surface area (Å²) in [6, 6.07) is 7.34. The molecule has 1 aromatic rings. The van der Waals surface area contributed by atoms with E-state index in [9.17, 15) is 5.11 Å². The van der Waals surface area contributed by atoms with Crippen LogP contribution in [0, 0.1) is 0 Å². The number of ether oxygens (including phenoxy) is 1. The lowest BCUT2D eigenvalue weighted by atomic mass is 10.1. The number of hydrogen-bond donors (Lipinski definition) is 2. The molecule has 0 saturated heterocycles. The Morgan fingerprint density at radius 3 is 2.44 bits per heavy atom. The van der Waals surface area contributed by atoms with Gasteiger partial charge in [0.15, 0.2) is 0 Å². The number of rotatable bonds is 6. The number of likely N-dealkylation sites (N-methyl/N-ethyl adjacent to an activating group) is 1. The van der Waals surface area contributed by atoms with Gasteiger partial charge in [-0.15, -0.1) is 0 Å². The molecule has 0 amide bonds. The largest absolute Gasteiger partial charge is 0.497 e. The lowest BCUT2D eigenvalue weighted by Crippen LogP contribution is -2.27. The topological polar surface area (TPSA) is 52.9 Å². The van der Waals surface area contributed by atoms with Crippen LogP contribution in [0.15, 0.2) is 24.3 Å². The molecule has 0 heterocycles. The minimum atomic E-state index is -0.539. The van der Waals surface area contributed by atoms with Crippen LogP contribution in [0.3, 0.4) is 0 Å². The van der Waals surface area contributed by atoms with Crippen molar-refractivity contribution in [3.8, 4) is 5.75 Å². The van der Waals surface area contributed by atoms with Crippen molar-refractivity contribution in [3.05, 3.63) is 29.8 Å². The molecule has 0 aliphatic carbocycles. The zero-order valence-corrected chi connectivity index (χ0v) is 9.76. The van der Waals surface area contributed by atoms with Gasteiger partial charge in [-0.05, 0) is 24.7 Å². The van der Waals surface area contributed by atoms with Gasteiger partial charge in [0.05, 0.1) is 19.8 Å². The van der Waals surface area contributed by atoms with Crippen molar-refractivity contribution in [2.75, 3.05) is 33.9 Å². The van der Waals surface area contributed by atoms with Crippen LogP contribution in [0.4, 0.5) is 0 Å². The SMILES string of the molecule is COc1ccc(C(O)CN(C)CCO)cc1. The third kappa shape index (κ3) is 3.81. The average molecular weight is 225 g/mol. The fraction of sp³-hybridized carbons (Fsp3) is 0.500. The molecule has 0 saturated carbocycles. The number of aliphatic hydroxyl groups excluding tert-OH is 2. The highest BCUT2D eigenvalue weighted by molar-refractivity contribution is 5.28. The molecule has 0 fully saturated rings. The van der Waals surface area contributed by atoms with Crippen LogP contribution < -0.4 is 4.74 Å². The standard InChI is InChI=1S/C12H19NO3/c1-13(7-8-14)9-12(15)10-3-5-11(16-2)6-4-10/h3-6,12,14-15H,7-9H2,1-2H3. The summed E-state index contributed by atoms with van der Waals surface area (Å²) in [5, 5.41) is 18.7. The highest BCUT2D eigenvalue weighted by Gasteiger charge is 2.10. The van der Waals surface area contributed by atoms with E-state index >= 15 is 0 Å². The van der Waals surface area contributed by atoms with Gasteiger partial charge in [-0.3, -0.25) is 0 Å². The Hall–Kier alpha value is -1.10. The normalized spacial score (nSPS) is 12.8. The number of benzene rings is 1. The maximum Gasteiger partial charge on any atom is 0.118 e. The van der Waals surface area contributed by atoms with Gasteiger partial charge in [0, 0.05) is 13.1 Å². The molecule has 2 N–H and O–H groups in total. The van der Waals surface area contributed by atoms with Gasteiger partial charge in [-0.25, -0.2) is 0 Å². The molecule has 1 atom stereocenters. The molecule has 1 unspecified atom stereocenters. The van der Waals surface area contributed by atoms with Gasteiger partial charge in [0.1, 0.15) is 5.75 Å². The summed E-state index contributed by atoms with van der Waals surface area (Å²) in [5.41, 5.74) is 0.852. The molecule has 4 nitrogen and oxygen atoms in total. The van der Waals surface area contributed by atoms with Crippen molar-refractivity contribution in [2.24, 2.45) is 0 Å². The second-order valence-corrected chi connectivity index (χ2v) is 3.77. The van der Waals surface area contributed by atoms with Crippen molar-refractivity contribution in [2.45, 2.75) is 6.10 Å². The minimum absolute atomic E-state index is 0.103. The third-order valence-electron chi connectivity index (χ3n) is 2.47. The number of nitrogens with zero attached hydrogens (tertiary/aromatic N) is 1. The summed E-state index contributed by atoms with van der Waals surface area (Å²) in [4.78, 5) is 1.88. The monoisotopic (exact) mass is 225 g/mol. The van der Waals surface area contributed by atoms with E-state index in [-0.39, 0.29) is 6.61 Å². The molecule has 0 aliphatic rings. The molecule has 4 heteroatoms. The predicted molar refractivity (Wildman–Crippen MR) is 62.5 cm³/mol. The second-order valence-electron chi connectivity index (χ2n) is 3.77. The van der Waals surface area contributed by atoms with Crippen LogP contribution in [0.2, 0.25) is 0 Å². The molecule has 90 valence electrons. The van der Waals surface area contributed by atoms with Crippen molar-refractivity contribution >= 4 is 0 Å². The highest BCUT2D eigenvalue weighted by atomic mass is 16.5. The van der Waals surface area contributed by atoms with E-state index in [1.165, 1.54) is 0 Å². The first-order chi connectivity index (χ1) is 7.67. The Bertz CT molecular complexity index is 300. The number of aliphatic hydroxyl groups is 2. The van der Waals surface area contributed by atoms with E-state index in [0.29, 0.717) is 13.1 Å². The molecule has 0 spiro atoms. The summed E-state index contributed by atoms with van der Waals surface area (Å²) in [7, 11) is 3.48. The Morgan fingerprint density at radius 2 is 1.94 bits per heavy atom. The smallest absolute Gasteiger partial charge is 0.118 e. The van der Waals surface area contributed by atoms with Gasteiger partial charge in [0.25, 0.3) is 0 Å². The van der Waals surface area contributed by atoms with Crippen LogP contribution in [-0.4, -0.2) is 49.0 Å². The van der Waals surface area contributed by atoms with E-state index in [4.69, 9.17) is 9.84 Å². The maximum absolute atomic E-state index is 9.92. The third-order valence-corrected chi connectivity index (χ3v) is 2.47. The second kappa shape index (κ2) is 6.48. The van der Waals surface area contributed by atoms with Gasteiger partial charge >= 0.3 is 0 Å². The van der Waals surface area contributed by atoms with Crippen LogP contribution in [-0.2, 0) is 0 Å². The molecule has 0 aromatic heterocycles. The van der Waals surface area contributed by atoms with Crippen molar-refractivity contribution < 1.29 is 14.9 Å². The van der Waals surface area contributed by atoms with E-state index in [2.05, 4.69) is 0 Å². The van der Waals surface area contributed by atoms with Gasteiger partial charge in [-0.2, -0.15) is 0 Å². The Labute approximate surface area is 96.1 Å². The lowest BCUT2D eigenvalue weighted by Gasteiger charge is -2.19. The maximum atomic E-state index is 9.92. The molecule has 16 heavy (non-hydrogen) atoms. The lowest BCUT2D eigenvalue weighted by molar-refractivity contribution is 0.115. The van der Waals surface area contributed by atoms with Crippen LogP contribution in [0.25, 0.3) is 0 Å². The molecule has 1 rings (SSSR count). The van der Waals surface area contributed by atoms with E-state index in [1.54, 1.807) is 7.11 Å². The van der Waals surface area contributed by atoms with Crippen molar-refractivity contribution in [1.29, 1.82) is 0 Å². The van der Waals surface area contributed by atoms with Gasteiger partial charge in [-0.1, -0.05) is 12.1 Å². The minimum Gasteiger partial charge on any atom is -0.497 e. The van der Waals surface area contributed by atoms with Gasteiger partial charge < -0.3 is 19.8 Å². The highest BCUT2D eigenvalue weighted by Crippen LogP contribution is 2.17. The first-order valence-electron chi connectivity index (χ1n) is 5.28. The molecular weight excluding hydrogens is 206 g/mol. The predicted octanol–water partition coefficient (Wildman–Crippen LogP) is 0.653. The first-order valence-corrected chi connectivity index (χ1v) is 5.28. The Balaban J connectivity index is 2.55. The fourth-order valence-electron chi connectivity index (χ4n) is 1.49. The first kappa shape index (κ1) is 13.0. The van der Waals surface area contributed by atoms with E-state index < -0.39 is 6.10 Å². The summed E-state index contributed by atoms with van der Waals surface area (Å²) in [5.74, 6) is 0.777. The van der Waals surface area contributed by atoms with Crippen LogP contribution in [0.1, 0.15) is 11.7 Å². The molecule has 1 aromatic carbocycles. The van der Waals surface area contributed by atoms with E-state index in [1.807, 2.05) is 36.2 Å². The number of hydrogen-bond acceptors (Lipinski definition) is 4. The summed E-state index contributed by atoms with van der Waals surface area (Å²) in [6.45, 7) is 1.17. The number of methoxy groups -OCH3 is 1. The fourth-order valence-corrected chi connectivity index (χ4v) is 1.49. The Morgan fingerprint density at radius 1 is 1.31 bits per heavy atom. The zero-order valence-electron chi connectivity index (χ0n) is 9.76. The molecular formula is C12H19NO3. The average Bonchev–Trinajstić information content (AvgIpc) is 2.29. The molecule has 0 bridgehead atoms. The summed E-state index contributed by atoms with van der Waals surface area (Å²) < 4.78 is 5.04. The van der Waals surface area contributed by atoms with E-state index in [0.717, 1.165) is 11.3 Å². The van der Waals surface area contributed by atoms with Crippen LogP contribution >= 0.6 is 0 Å². The van der Waals surface area contributed by atoms with Crippen molar-refractivity contribution in [3.63, 3.8) is 0 Å². The molecule has 0 radical (unpaired) electrons. The van der Waals surface area contributed by atoms with Gasteiger partial charge in [0.2, 0.25) is 0 Å². The summed E-state index contributed by atoms with van der Waals surface area (Å²) in [6.07, 6.45) is -0.539. The van der Waals surface area contributed by atoms with Crippen molar-refractivity contribution in [1.82, 2.24) is 4.90 Å². The van der Waals surface area contributed by atoms with Crippen LogP contribution in [0.5, 0.6) is 5.75 Å². The Kier molecular flexibility index (Phi) is 5.25. The summed E-state index contributed by atoms with van der Waals surface area (Å²) >= 11 is 0. The molecule has 0 aliphatic heterocycles. The zero-order chi connectivity index (χ0) is 12.0.